The van der Waals surface area contributed by atoms with E-state index in [0.717, 1.165) is 11.3 Å². The summed E-state index contributed by atoms with van der Waals surface area (Å²) < 4.78 is 5.20. The Morgan fingerprint density at radius 2 is 2.00 bits per heavy atom. The molecule has 1 aromatic carbocycles. The van der Waals surface area contributed by atoms with Gasteiger partial charge in [-0.3, -0.25) is 0 Å². The SMILES string of the molecule is c1ccc2c(c1)COOCO2. The molecule has 0 fully saturated rings. The number of para-hydroxylation sites is 1. The zero-order valence-corrected chi connectivity index (χ0v) is 5.95. The van der Waals surface area contributed by atoms with Gasteiger partial charge in [0.05, 0.1) is 0 Å². The summed E-state index contributed by atoms with van der Waals surface area (Å²) in [6, 6.07) is 7.71. The van der Waals surface area contributed by atoms with Crippen molar-refractivity contribution in [2.75, 3.05) is 6.79 Å². The molecule has 0 atom stereocenters. The van der Waals surface area contributed by atoms with Crippen molar-refractivity contribution in [3.05, 3.63) is 29.8 Å². The molecule has 0 amide bonds. The molecule has 0 spiro atoms. The number of hydrogen-bond acceptors (Lipinski definition) is 3. The summed E-state index contributed by atoms with van der Waals surface area (Å²) in [5.74, 6) is 0.838. The predicted octanol–water partition coefficient (Wildman–Crippen LogP) is 1.48. The van der Waals surface area contributed by atoms with Crippen LogP contribution in [0.4, 0.5) is 0 Å². The molecule has 58 valence electrons. The van der Waals surface area contributed by atoms with Crippen molar-refractivity contribution in [2.45, 2.75) is 6.61 Å². The van der Waals surface area contributed by atoms with E-state index in [-0.39, 0.29) is 6.79 Å². The van der Waals surface area contributed by atoms with Crippen LogP contribution in [0, 0.1) is 0 Å². The van der Waals surface area contributed by atoms with Crippen molar-refractivity contribution in [2.24, 2.45) is 0 Å². The van der Waals surface area contributed by atoms with Gasteiger partial charge in [-0.1, -0.05) is 18.2 Å². The molecule has 0 saturated heterocycles. The molecule has 3 nitrogen and oxygen atoms in total. The first-order chi connectivity index (χ1) is 5.47. The molecule has 0 aromatic heterocycles. The highest BCUT2D eigenvalue weighted by molar-refractivity contribution is 5.32. The molecule has 0 bridgehead atoms. The second kappa shape index (κ2) is 2.90. The number of hydrogen-bond donors (Lipinski definition) is 0. The quantitative estimate of drug-likeness (QED) is 0.527. The van der Waals surface area contributed by atoms with Gasteiger partial charge in [-0.25, -0.2) is 4.89 Å². The minimum Gasteiger partial charge on any atom is -0.464 e. The van der Waals surface area contributed by atoms with Crippen LogP contribution in [0.3, 0.4) is 0 Å². The third-order valence-corrected chi connectivity index (χ3v) is 1.53. The molecular formula is C8H8O3. The minimum absolute atomic E-state index is 0.164. The monoisotopic (exact) mass is 152 g/mol. The summed E-state index contributed by atoms with van der Waals surface area (Å²) in [5.41, 5.74) is 1.02. The van der Waals surface area contributed by atoms with Crippen LogP contribution < -0.4 is 4.74 Å². The van der Waals surface area contributed by atoms with Gasteiger partial charge >= 0.3 is 0 Å². The molecule has 1 aliphatic rings. The Morgan fingerprint density at radius 3 is 3.00 bits per heavy atom. The van der Waals surface area contributed by atoms with Gasteiger partial charge in [-0.2, -0.15) is 4.89 Å². The molecule has 0 N–H and O–H groups in total. The molecule has 1 heterocycles. The predicted molar refractivity (Wildman–Crippen MR) is 37.8 cm³/mol. The van der Waals surface area contributed by atoms with Crippen molar-refractivity contribution in [1.82, 2.24) is 0 Å². The molecule has 0 unspecified atom stereocenters. The van der Waals surface area contributed by atoms with Crippen LogP contribution in [0.1, 0.15) is 5.56 Å². The Kier molecular flexibility index (Phi) is 1.75. The Morgan fingerprint density at radius 1 is 1.09 bits per heavy atom. The van der Waals surface area contributed by atoms with Crippen molar-refractivity contribution >= 4 is 0 Å². The Bertz CT molecular complexity index is 222. The minimum atomic E-state index is 0.164. The van der Waals surface area contributed by atoms with Crippen LogP contribution in [-0.2, 0) is 16.4 Å². The van der Waals surface area contributed by atoms with Gasteiger partial charge < -0.3 is 4.74 Å². The molecule has 2 rings (SSSR count). The highest BCUT2D eigenvalue weighted by atomic mass is 17.2. The van der Waals surface area contributed by atoms with Crippen molar-refractivity contribution in [1.29, 1.82) is 0 Å². The summed E-state index contributed by atoms with van der Waals surface area (Å²) >= 11 is 0. The third-order valence-electron chi connectivity index (χ3n) is 1.53. The first kappa shape index (κ1) is 6.64. The lowest BCUT2D eigenvalue weighted by Crippen LogP contribution is -1.97. The van der Waals surface area contributed by atoms with E-state index in [1.165, 1.54) is 0 Å². The second-order valence-electron chi connectivity index (χ2n) is 2.25. The van der Waals surface area contributed by atoms with Gasteiger partial charge in [0.15, 0.2) is 0 Å². The van der Waals surface area contributed by atoms with Crippen LogP contribution >= 0.6 is 0 Å². The van der Waals surface area contributed by atoms with Crippen LogP contribution in [0.15, 0.2) is 24.3 Å². The highest BCUT2D eigenvalue weighted by Crippen LogP contribution is 2.20. The van der Waals surface area contributed by atoms with E-state index in [0.29, 0.717) is 6.61 Å². The molecule has 0 radical (unpaired) electrons. The van der Waals surface area contributed by atoms with Crippen molar-refractivity contribution in [3.63, 3.8) is 0 Å². The van der Waals surface area contributed by atoms with Crippen LogP contribution in [0.2, 0.25) is 0 Å². The molecule has 3 heteroatoms. The lowest BCUT2D eigenvalue weighted by molar-refractivity contribution is -0.325. The molecule has 1 aromatic rings. The second-order valence-corrected chi connectivity index (χ2v) is 2.25. The standard InChI is InChI=1S/C8H8O3/c1-2-4-8-7(3-1)5-10-11-6-9-8/h1-4H,5-6H2. The summed E-state index contributed by atoms with van der Waals surface area (Å²) in [4.78, 5) is 9.45. The number of rotatable bonds is 0. The van der Waals surface area contributed by atoms with E-state index < -0.39 is 0 Å². The zero-order valence-electron chi connectivity index (χ0n) is 5.95. The summed E-state index contributed by atoms with van der Waals surface area (Å²) in [5, 5.41) is 0. The molecule has 0 saturated carbocycles. The Hall–Kier alpha value is -1.06. The molecular weight excluding hydrogens is 144 g/mol. The van der Waals surface area contributed by atoms with E-state index >= 15 is 0 Å². The molecule has 0 aliphatic carbocycles. The van der Waals surface area contributed by atoms with Crippen LogP contribution in [0.5, 0.6) is 5.75 Å². The van der Waals surface area contributed by atoms with Gasteiger partial charge in [-0.15, -0.1) is 0 Å². The van der Waals surface area contributed by atoms with E-state index in [2.05, 4.69) is 4.89 Å². The fourth-order valence-corrected chi connectivity index (χ4v) is 0.991. The maximum absolute atomic E-state index is 5.20. The molecule has 11 heavy (non-hydrogen) atoms. The first-order valence-corrected chi connectivity index (χ1v) is 3.42. The van der Waals surface area contributed by atoms with E-state index in [9.17, 15) is 0 Å². The van der Waals surface area contributed by atoms with E-state index in [1.807, 2.05) is 24.3 Å². The van der Waals surface area contributed by atoms with Crippen LogP contribution in [0.25, 0.3) is 0 Å². The maximum Gasteiger partial charge on any atom is 0.221 e. The third kappa shape index (κ3) is 1.34. The van der Waals surface area contributed by atoms with E-state index in [4.69, 9.17) is 9.62 Å². The first-order valence-electron chi connectivity index (χ1n) is 3.42. The maximum atomic E-state index is 5.20. The fraction of sp³-hybridized carbons (Fsp3) is 0.250. The lowest BCUT2D eigenvalue weighted by Gasteiger charge is -2.01. The Labute approximate surface area is 64.4 Å². The van der Waals surface area contributed by atoms with Gasteiger partial charge in [0.2, 0.25) is 6.79 Å². The van der Waals surface area contributed by atoms with Gasteiger partial charge in [0, 0.05) is 5.56 Å². The lowest BCUT2D eigenvalue weighted by atomic mass is 10.2. The number of ether oxygens (including phenoxy) is 1. The summed E-state index contributed by atoms with van der Waals surface area (Å²) in [6.07, 6.45) is 0. The summed E-state index contributed by atoms with van der Waals surface area (Å²) in [6.45, 7) is 0.618. The average Bonchev–Trinajstić information content (AvgIpc) is 2.28. The van der Waals surface area contributed by atoms with Crippen molar-refractivity contribution in [3.8, 4) is 5.75 Å². The van der Waals surface area contributed by atoms with E-state index in [1.54, 1.807) is 0 Å². The highest BCUT2D eigenvalue weighted by Gasteiger charge is 2.06. The smallest absolute Gasteiger partial charge is 0.221 e. The topological polar surface area (TPSA) is 27.7 Å². The largest absolute Gasteiger partial charge is 0.464 e. The summed E-state index contributed by atoms with van der Waals surface area (Å²) in [7, 11) is 0. The number of fused-ring (bicyclic) bond motifs is 1. The number of benzene rings is 1. The average molecular weight is 152 g/mol. The van der Waals surface area contributed by atoms with Gasteiger partial charge in [0.1, 0.15) is 12.4 Å². The Balaban J connectivity index is 2.33. The normalized spacial score (nSPS) is 16.4. The van der Waals surface area contributed by atoms with Crippen LogP contribution in [-0.4, -0.2) is 6.79 Å². The van der Waals surface area contributed by atoms with Gasteiger partial charge in [0.25, 0.3) is 0 Å². The molecule has 1 aliphatic heterocycles. The zero-order chi connectivity index (χ0) is 7.52. The van der Waals surface area contributed by atoms with Crippen molar-refractivity contribution < 1.29 is 14.5 Å². The fourth-order valence-electron chi connectivity index (χ4n) is 0.991. The van der Waals surface area contributed by atoms with Gasteiger partial charge in [-0.05, 0) is 6.07 Å².